The molecule has 0 bridgehead atoms. The molecule has 0 saturated carbocycles. The normalized spacial score (nSPS) is 31.5. The van der Waals surface area contributed by atoms with Crippen molar-refractivity contribution in [1.82, 2.24) is 15.3 Å². The number of carbonyl (C=O) groups is 2. The van der Waals surface area contributed by atoms with E-state index in [1.807, 2.05) is 13.8 Å². The lowest BCUT2D eigenvalue weighted by atomic mass is 9.83. The van der Waals surface area contributed by atoms with Crippen molar-refractivity contribution >= 4 is 45.3 Å². The van der Waals surface area contributed by atoms with Gasteiger partial charge in [0.05, 0.1) is 36.5 Å². The number of aliphatic hydroxyl groups is 1. The lowest BCUT2D eigenvalue weighted by molar-refractivity contribution is -0.533. The summed E-state index contributed by atoms with van der Waals surface area (Å²) in [4.78, 5) is 33.6. The Morgan fingerprint density at radius 1 is 1.28 bits per heavy atom. The van der Waals surface area contributed by atoms with Crippen molar-refractivity contribution in [3.05, 3.63) is 36.2 Å². The molecule has 2 aliphatic rings. The summed E-state index contributed by atoms with van der Waals surface area (Å²) in [5.41, 5.74) is 1.22. The molecule has 13 heteroatoms. The largest absolute Gasteiger partial charge is 0.829 e. The summed E-state index contributed by atoms with van der Waals surface area (Å²) >= 11 is 1.09. The van der Waals surface area contributed by atoms with E-state index in [1.165, 1.54) is 13.1 Å². The van der Waals surface area contributed by atoms with Gasteiger partial charge in [0.1, 0.15) is 22.3 Å². The second kappa shape index (κ2) is 12.8. The number of nitrogens with one attached hydrogen (secondary N) is 2. The number of esters is 1. The van der Waals surface area contributed by atoms with Crippen LogP contribution in [0.2, 0.25) is 0 Å². The van der Waals surface area contributed by atoms with Crippen LogP contribution in [0.25, 0.3) is 21.8 Å². The fourth-order valence-corrected chi connectivity index (χ4v) is 7.14. The fraction of sp³-hybridized carbons (Fsp3) is 0.567. The first-order chi connectivity index (χ1) is 20.5. The van der Waals surface area contributed by atoms with Crippen molar-refractivity contribution in [2.24, 2.45) is 0 Å². The average Bonchev–Trinajstić information content (AvgIpc) is 3.33. The molecule has 2 saturated heterocycles. The molecule has 2 aliphatic heterocycles. The second-order valence-corrected chi connectivity index (χ2v) is 12.3. The number of ether oxygens (including phenoxy) is 5. The Kier molecular flexibility index (Phi) is 9.45. The third-order valence-corrected chi connectivity index (χ3v) is 9.55. The molecule has 8 atom stereocenters. The number of H-pyrrole nitrogens is 1. The first-order valence-corrected chi connectivity index (χ1v) is 15.5. The number of rotatable bonds is 9. The summed E-state index contributed by atoms with van der Waals surface area (Å²) in [5.74, 6) is -0.599. The summed E-state index contributed by atoms with van der Waals surface area (Å²) in [6.07, 6.45) is -3.27. The van der Waals surface area contributed by atoms with Crippen LogP contribution in [0, 0.1) is 0 Å². The number of Topliss-reactive ketones (excluding diaryl/α,β-unsaturated/α-hetero) is 1. The quantitative estimate of drug-likeness (QED) is 0.182. The lowest BCUT2D eigenvalue weighted by Gasteiger charge is -2.53. The average molecular weight is 617 g/mol. The van der Waals surface area contributed by atoms with Gasteiger partial charge in [0.15, 0.2) is 6.29 Å². The van der Waals surface area contributed by atoms with Crippen LogP contribution >= 0.6 is 11.8 Å². The number of aromatic nitrogens is 2. The van der Waals surface area contributed by atoms with Gasteiger partial charge in [-0.1, -0.05) is 13.8 Å². The Labute approximate surface area is 253 Å². The highest BCUT2D eigenvalue weighted by molar-refractivity contribution is 8.00. The number of aromatic amines is 1. The number of aliphatic hydroxyl groups excluding tert-OH is 1. The fourth-order valence-electron chi connectivity index (χ4n) is 6.09. The highest BCUT2D eigenvalue weighted by Crippen LogP contribution is 2.44. The lowest BCUT2D eigenvalue weighted by Crippen LogP contribution is -2.70. The van der Waals surface area contributed by atoms with Gasteiger partial charge in [0.2, 0.25) is 5.78 Å². The first kappa shape index (κ1) is 31.8. The van der Waals surface area contributed by atoms with E-state index < -0.39 is 47.4 Å². The molecule has 2 fully saturated rings. The van der Waals surface area contributed by atoms with E-state index in [2.05, 4.69) is 15.3 Å². The number of ketones is 1. The molecule has 5 rings (SSSR count). The molecule has 4 heterocycles. The SMILES string of the molecule is COC1CC(OC2C([O-])OC(C)C(SC)(C(=O)c3nccc4c3[nH]c3ccc(OC(C)=O)cc34)C2O)OCC1NC(C)C. The minimum Gasteiger partial charge on any atom is -0.829 e. The number of carbonyl (C=O) groups excluding carboxylic acids is 2. The predicted molar refractivity (Wildman–Crippen MR) is 158 cm³/mol. The van der Waals surface area contributed by atoms with Crippen LogP contribution in [0.15, 0.2) is 30.5 Å². The number of nitrogens with zero attached hydrogens (tertiary/aromatic N) is 1. The van der Waals surface area contributed by atoms with Gasteiger partial charge >= 0.3 is 5.97 Å². The molecule has 3 N–H and O–H groups in total. The van der Waals surface area contributed by atoms with Gasteiger partial charge in [-0.25, -0.2) is 0 Å². The van der Waals surface area contributed by atoms with Crippen LogP contribution in [0.5, 0.6) is 5.75 Å². The zero-order valence-corrected chi connectivity index (χ0v) is 25.8. The Morgan fingerprint density at radius 3 is 2.72 bits per heavy atom. The van der Waals surface area contributed by atoms with Gasteiger partial charge in [-0.15, -0.1) is 11.8 Å². The highest BCUT2D eigenvalue weighted by atomic mass is 32.2. The van der Waals surface area contributed by atoms with Gasteiger partial charge < -0.3 is 44.2 Å². The summed E-state index contributed by atoms with van der Waals surface area (Å²) in [7, 11) is 1.60. The molecular formula is C30H38N3O9S-. The van der Waals surface area contributed by atoms with Crippen molar-refractivity contribution < 1.29 is 43.5 Å². The molecule has 3 aromatic rings. The van der Waals surface area contributed by atoms with E-state index in [1.54, 1.807) is 44.6 Å². The van der Waals surface area contributed by atoms with E-state index in [9.17, 15) is 19.8 Å². The Hall–Kier alpha value is -2.62. The third-order valence-electron chi connectivity index (χ3n) is 8.12. The summed E-state index contributed by atoms with van der Waals surface area (Å²) in [6, 6.07) is 7.00. The second-order valence-electron chi connectivity index (χ2n) is 11.2. The molecule has 234 valence electrons. The topological polar surface area (TPSA) is 164 Å². The standard InChI is InChI=1S/C30H38N3O9S/c1-14(2)32-21-13-39-23(12-22(21)38-5)42-26-28(36)30(43-6,15(3)40-29(26)37)27(35)25-24-18(9-10-31-25)19-11-17(41-16(4)34)7-8-20(19)33-24/h7-11,14-15,21-23,26,28-29,32-33,36H,12-13H2,1-6H3/q-1. The van der Waals surface area contributed by atoms with E-state index in [-0.39, 0.29) is 30.5 Å². The predicted octanol–water partition coefficient (Wildman–Crippen LogP) is 1.91. The Balaban J connectivity index is 1.46. The molecule has 0 amide bonds. The molecule has 0 radical (unpaired) electrons. The number of fused-ring (bicyclic) bond motifs is 3. The minimum absolute atomic E-state index is 0.0692. The molecule has 0 spiro atoms. The zero-order chi connectivity index (χ0) is 31.1. The van der Waals surface area contributed by atoms with Gasteiger partial charge in [-0.2, -0.15) is 0 Å². The smallest absolute Gasteiger partial charge is 0.308 e. The van der Waals surface area contributed by atoms with Crippen LogP contribution in [0.1, 0.15) is 44.6 Å². The van der Waals surface area contributed by atoms with E-state index in [4.69, 9.17) is 23.7 Å². The van der Waals surface area contributed by atoms with Gasteiger partial charge in [0.25, 0.3) is 0 Å². The van der Waals surface area contributed by atoms with Crippen molar-refractivity contribution in [2.45, 2.75) is 87.9 Å². The van der Waals surface area contributed by atoms with E-state index in [0.717, 1.165) is 17.1 Å². The van der Waals surface area contributed by atoms with Crippen molar-refractivity contribution in [3.63, 3.8) is 0 Å². The summed E-state index contributed by atoms with van der Waals surface area (Å²) in [6.45, 7) is 7.25. The minimum atomic E-state index is -1.76. The van der Waals surface area contributed by atoms with Crippen LogP contribution in [-0.4, -0.2) is 101 Å². The number of benzene rings is 1. The third kappa shape index (κ3) is 5.92. The van der Waals surface area contributed by atoms with Crippen molar-refractivity contribution in [1.29, 1.82) is 0 Å². The molecule has 8 unspecified atom stereocenters. The Morgan fingerprint density at radius 2 is 2.05 bits per heavy atom. The van der Waals surface area contributed by atoms with Gasteiger partial charge in [-0.3, -0.25) is 14.6 Å². The van der Waals surface area contributed by atoms with Crippen LogP contribution in [0.3, 0.4) is 0 Å². The monoisotopic (exact) mass is 616 g/mol. The molecule has 1 aromatic carbocycles. The molecule has 2 aromatic heterocycles. The summed E-state index contributed by atoms with van der Waals surface area (Å²) in [5, 5.41) is 29.7. The molecule has 0 aliphatic carbocycles. The maximum Gasteiger partial charge on any atom is 0.308 e. The van der Waals surface area contributed by atoms with Gasteiger partial charge in [0, 0.05) is 55.3 Å². The number of hydrogen-bond acceptors (Lipinski definition) is 12. The number of methoxy groups -OCH3 is 1. The highest BCUT2D eigenvalue weighted by Gasteiger charge is 2.58. The molecule has 12 nitrogen and oxygen atoms in total. The maximum atomic E-state index is 14.4. The first-order valence-electron chi connectivity index (χ1n) is 14.2. The summed E-state index contributed by atoms with van der Waals surface area (Å²) < 4.78 is 27.0. The number of thioether (sulfide) groups is 1. The van der Waals surface area contributed by atoms with E-state index in [0.29, 0.717) is 28.6 Å². The van der Waals surface area contributed by atoms with Crippen LogP contribution in [-0.2, 0) is 23.7 Å². The Bertz CT molecular complexity index is 1480. The maximum absolute atomic E-state index is 14.4. The number of hydrogen-bond donors (Lipinski definition) is 3. The number of pyridine rings is 1. The molecule has 43 heavy (non-hydrogen) atoms. The zero-order valence-electron chi connectivity index (χ0n) is 25.0. The van der Waals surface area contributed by atoms with E-state index >= 15 is 0 Å². The molecular weight excluding hydrogens is 578 g/mol. The van der Waals surface area contributed by atoms with Gasteiger partial charge in [-0.05, 0) is 37.4 Å². The van der Waals surface area contributed by atoms with Crippen molar-refractivity contribution in [3.8, 4) is 5.75 Å². The van der Waals surface area contributed by atoms with Crippen LogP contribution < -0.4 is 15.2 Å². The van der Waals surface area contributed by atoms with Crippen LogP contribution in [0.4, 0.5) is 0 Å². The van der Waals surface area contributed by atoms with Crippen molar-refractivity contribution in [2.75, 3.05) is 20.0 Å².